The zero-order valence-corrected chi connectivity index (χ0v) is 23.6. The number of amides is 1. The first-order chi connectivity index (χ1) is 18.9. The molecule has 1 amide bonds. The number of cyclic esters (lactones) is 1. The van der Waals surface area contributed by atoms with E-state index in [9.17, 15) is 9.59 Å². The van der Waals surface area contributed by atoms with Crippen molar-refractivity contribution in [2.75, 3.05) is 74.4 Å². The summed E-state index contributed by atoms with van der Waals surface area (Å²) in [6, 6.07) is 11.2. The lowest BCUT2D eigenvalue weighted by atomic mass is 9.98. The Morgan fingerprint density at radius 3 is 2.18 bits per heavy atom. The summed E-state index contributed by atoms with van der Waals surface area (Å²) >= 11 is 0. The van der Waals surface area contributed by atoms with Gasteiger partial charge in [-0.3, -0.25) is 9.69 Å². The maximum Gasteiger partial charge on any atom is 0.415 e. The Bertz CT molecular complexity index is 1080. The first-order valence-electron chi connectivity index (χ1n) is 13.1. The van der Waals surface area contributed by atoms with Gasteiger partial charge in [0.25, 0.3) is 0 Å². The lowest BCUT2D eigenvalue weighted by Crippen LogP contribution is -2.50. The molecule has 10 nitrogen and oxygen atoms in total. The summed E-state index contributed by atoms with van der Waals surface area (Å²) in [5, 5.41) is 0. The predicted octanol–water partition coefficient (Wildman–Crippen LogP) is 3.58. The number of esters is 1. The highest BCUT2D eigenvalue weighted by Gasteiger charge is 2.27. The average molecular weight is 545 g/mol. The number of carbonyl (C=O) groups excluding carboxylic acids is 2. The van der Waals surface area contributed by atoms with E-state index in [2.05, 4.69) is 4.90 Å². The van der Waals surface area contributed by atoms with Gasteiger partial charge in [-0.2, -0.15) is 0 Å². The van der Waals surface area contributed by atoms with Gasteiger partial charge in [-0.25, -0.2) is 4.79 Å². The van der Waals surface area contributed by atoms with Crippen molar-refractivity contribution in [2.24, 2.45) is 5.92 Å². The number of rotatable bonds is 9. The first kappa shape index (κ1) is 30.0. The van der Waals surface area contributed by atoms with Crippen LogP contribution >= 0.6 is 0 Å². The average Bonchev–Trinajstić information content (AvgIpc) is 3.36. The number of hydrogen-bond acceptors (Lipinski definition) is 9. The van der Waals surface area contributed by atoms with Crippen LogP contribution in [0.1, 0.15) is 17.5 Å². The summed E-state index contributed by atoms with van der Waals surface area (Å²) in [7, 11) is 6.49. The standard InChI is InChI=1S/C20H28N2O6.C9H12O2/c1-25-12-10-21-6-8-22(9-7-21)20(24)28-17-4-3-15(14-18(17)26-2)13-16-5-11-27-19(16)23;1-7-4-5-8(10-2)9(6-7)11-3/h3-4,14,16H,5-13H2,1-2H3;4-6H,1-3H3/t16-;/m0./s1. The zero-order valence-electron chi connectivity index (χ0n) is 23.6. The molecule has 0 saturated carbocycles. The number of nitrogens with zero attached hydrogens (tertiary/aromatic N) is 2. The third-order valence-corrected chi connectivity index (χ3v) is 6.73. The lowest BCUT2D eigenvalue weighted by molar-refractivity contribution is -0.141. The molecule has 214 valence electrons. The van der Waals surface area contributed by atoms with Gasteiger partial charge in [0.05, 0.1) is 40.5 Å². The summed E-state index contributed by atoms with van der Waals surface area (Å²) < 4.78 is 31.2. The van der Waals surface area contributed by atoms with E-state index in [1.54, 1.807) is 32.3 Å². The smallest absolute Gasteiger partial charge is 0.415 e. The second kappa shape index (κ2) is 15.2. The van der Waals surface area contributed by atoms with Gasteiger partial charge in [0.1, 0.15) is 0 Å². The van der Waals surface area contributed by atoms with E-state index in [1.165, 1.54) is 12.7 Å². The second-order valence-electron chi connectivity index (χ2n) is 9.39. The van der Waals surface area contributed by atoms with Gasteiger partial charge < -0.3 is 33.3 Å². The maximum absolute atomic E-state index is 12.5. The molecule has 0 spiro atoms. The Morgan fingerprint density at radius 2 is 1.56 bits per heavy atom. The van der Waals surface area contributed by atoms with Crippen LogP contribution in [0.3, 0.4) is 0 Å². The molecule has 0 unspecified atom stereocenters. The Balaban J connectivity index is 0.000000320. The van der Waals surface area contributed by atoms with Crippen LogP contribution in [0.4, 0.5) is 4.79 Å². The van der Waals surface area contributed by atoms with Crippen LogP contribution < -0.4 is 18.9 Å². The monoisotopic (exact) mass is 544 g/mol. The fraction of sp³-hybridized carbons (Fsp3) is 0.517. The van der Waals surface area contributed by atoms with Crippen molar-refractivity contribution in [1.29, 1.82) is 0 Å². The maximum atomic E-state index is 12.5. The van der Waals surface area contributed by atoms with E-state index in [-0.39, 0.29) is 18.0 Å². The SMILES string of the molecule is COCCN1CCN(C(=O)Oc2ccc(C[C@@H]3CCOC3=O)cc2OC)CC1.COc1ccc(C)cc1OC. The number of methoxy groups -OCH3 is 4. The molecular formula is C29H40N2O8. The largest absolute Gasteiger partial charge is 0.493 e. The third kappa shape index (κ3) is 8.76. The van der Waals surface area contributed by atoms with E-state index in [0.29, 0.717) is 44.2 Å². The van der Waals surface area contributed by atoms with Gasteiger partial charge in [-0.05, 0) is 55.2 Å². The summed E-state index contributed by atoms with van der Waals surface area (Å²) in [5.74, 6) is 2.15. The van der Waals surface area contributed by atoms with Crippen molar-refractivity contribution in [3.63, 3.8) is 0 Å². The van der Waals surface area contributed by atoms with Gasteiger partial charge in [-0.1, -0.05) is 12.1 Å². The molecule has 2 saturated heterocycles. The fourth-order valence-corrected chi connectivity index (χ4v) is 4.41. The minimum atomic E-state index is -0.378. The Hall–Kier alpha value is -3.50. The molecule has 0 N–H and O–H groups in total. The summed E-state index contributed by atoms with van der Waals surface area (Å²) in [4.78, 5) is 28.1. The number of ether oxygens (including phenoxy) is 6. The lowest BCUT2D eigenvalue weighted by Gasteiger charge is -2.33. The van der Waals surface area contributed by atoms with Crippen molar-refractivity contribution in [1.82, 2.24) is 9.80 Å². The molecule has 2 fully saturated rings. The molecule has 10 heteroatoms. The van der Waals surface area contributed by atoms with Crippen LogP contribution in [0.25, 0.3) is 0 Å². The number of benzene rings is 2. The van der Waals surface area contributed by atoms with Gasteiger partial charge in [0, 0.05) is 39.8 Å². The topological polar surface area (TPSA) is 96.0 Å². The highest BCUT2D eigenvalue weighted by atomic mass is 16.6. The van der Waals surface area contributed by atoms with Crippen LogP contribution in [0.5, 0.6) is 23.0 Å². The van der Waals surface area contributed by atoms with Crippen LogP contribution in [-0.4, -0.2) is 96.2 Å². The molecule has 0 bridgehead atoms. The molecule has 1 atom stereocenters. The molecule has 39 heavy (non-hydrogen) atoms. The molecule has 2 aliphatic heterocycles. The molecule has 2 heterocycles. The highest BCUT2D eigenvalue weighted by molar-refractivity contribution is 5.74. The summed E-state index contributed by atoms with van der Waals surface area (Å²) in [6.07, 6.45) is 0.943. The molecular weight excluding hydrogens is 504 g/mol. The van der Waals surface area contributed by atoms with Crippen LogP contribution in [0.2, 0.25) is 0 Å². The van der Waals surface area contributed by atoms with E-state index < -0.39 is 0 Å². The Morgan fingerprint density at radius 1 is 0.897 bits per heavy atom. The fourth-order valence-electron chi connectivity index (χ4n) is 4.41. The Kier molecular flexibility index (Phi) is 11.7. The van der Waals surface area contributed by atoms with Crippen molar-refractivity contribution in [2.45, 2.75) is 19.8 Å². The van der Waals surface area contributed by atoms with Crippen molar-refractivity contribution in [3.8, 4) is 23.0 Å². The van der Waals surface area contributed by atoms with E-state index >= 15 is 0 Å². The van der Waals surface area contributed by atoms with Crippen molar-refractivity contribution >= 4 is 12.1 Å². The zero-order chi connectivity index (χ0) is 28.2. The van der Waals surface area contributed by atoms with E-state index in [1.807, 2.05) is 37.3 Å². The number of aryl methyl sites for hydroxylation is 1. The van der Waals surface area contributed by atoms with Crippen molar-refractivity contribution in [3.05, 3.63) is 47.5 Å². The minimum Gasteiger partial charge on any atom is -0.493 e. The molecule has 2 aromatic carbocycles. The van der Waals surface area contributed by atoms with Crippen LogP contribution in [-0.2, 0) is 20.7 Å². The van der Waals surface area contributed by atoms with Gasteiger partial charge in [0.2, 0.25) is 0 Å². The summed E-state index contributed by atoms with van der Waals surface area (Å²) in [5.41, 5.74) is 2.12. The van der Waals surface area contributed by atoms with E-state index in [0.717, 1.165) is 43.1 Å². The van der Waals surface area contributed by atoms with E-state index in [4.69, 9.17) is 28.4 Å². The normalized spacial score (nSPS) is 17.1. The summed E-state index contributed by atoms with van der Waals surface area (Å²) in [6.45, 7) is 6.88. The highest BCUT2D eigenvalue weighted by Crippen LogP contribution is 2.31. The van der Waals surface area contributed by atoms with Crippen LogP contribution in [0.15, 0.2) is 36.4 Å². The number of piperazine rings is 1. The molecule has 0 radical (unpaired) electrons. The quantitative estimate of drug-likeness (QED) is 0.439. The van der Waals surface area contributed by atoms with Gasteiger partial charge in [-0.15, -0.1) is 0 Å². The second-order valence-corrected chi connectivity index (χ2v) is 9.39. The minimum absolute atomic E-state index is 0.118. The van der Waals surface area contributed by atoms with Crippen LogP contribution in [0, 0.1) is 12.8 Å². The predicted molar refractivity (Wildman–Crippen MR) is 146 cm³/mol. The Labute approximate surface area is 230 Å². The number of carbonyl (C=O) groups is 2. The van der Waals surface area contributed by atoms with Crippen molar-refractivity contribution < 1.29 is 38.0 Å². The van der Waals surface area contributed by atoms with Gasteiger partial charge in [0.15, 0.2) is 23.0 Å². The first-order valence-corrected chi connectivity index (χ1v) is 13.1. The molecule has 0 aliphatic carbocycles. The molecule has 4 rings (SSSR count). The molecule has 2 aliphatic rings. The molecule has 2 aromatic rings. The third-order valence-electron chi connectivity index (χ3n) is 6.73. The molecule has 0 aromatic heterocycles. The van der Waals surface area contributed by atoms with Gasteiger partial charge >= 0.3 is 12.1 Å². The number of hydrogen-bond donors (Lipinski definition) is 0.